The van der Waals surface area contributed by atoms with Crippen molar-refractivity contribution in [2.75, 3.05) is 18.1 Å². The minimum Gasteiger partial charge on any atom is -0.392 e. The van der Waals surface area contributed by atoms with E-state index in [2.05, 4.69) is 17.0 Å². The maximum absolute atomic E-state index is 9.09. The number of morpholine rings is 1. The van der Waals surface area contributed by atoms with Gasteiger partial charge in [-0.15, -0.1) is 0 Å². The highest BCUT2D eigenvalue weighted by atomic mass is 16.5. The van der Waals surface area contributed by atoms with Crippen LogP contribution in [0.5, 0.6) is 0 Å². The standard InChI is InChI=1S/C15H21NO2/c17-11-12-5-7-13(8-6-12)16-9-10-18-15-4-2-1-3-14(15)16/h5-8,14-15,17H,1-4,9-11H2. The van der Waals surface area contributed by atoms with E-state index < -0.39 is 0 Å². The van der Waals surface area contributed by atoms with Crippen LogP contribution in [0.2, 0.25) is 0 Å². The van der Waals surface area contributed by atoms with Gasteiger partial charge in [-0.25, -0.2) is 0 Å². The van der Waals surface area contributed by atoms with Gasteiger partial charge in [0.2, 0.25) is 0 Å². The van der Waals surface area contributed by atoms with Gasteiger partial charge < -0.3 is 14.7 Å². The SMILES string of the molecule is OCc1ccc(N2CCOC3CCCCC32)cc1. The lowest BCUT2D eigenvalue weighted by atomic mass is 9.90. The Balaban J connectivity index is 1.80. The van der Waals surface area contributed by atoms with Crippen LogP contribution in [0.3, 0.4) is 0 Å². The molecule has 1 aliphatic heterocycles. The first-order chi connectivity index (χ1) is 8.88. The molecule has 1 N–H and O–H groups in total. The third-order valence-electron chi connectivity index (χ3n) is 4.18. The number of aliphatic hydroxyl groups is 1. The van der Waals surface area contributed by atoms with Crippen LogP contribution in [-0.4, -0.2) is 30.4 Å². The van der Waals surface area contributed by atoms with Gasteiger partial charge in [0.1, 0.15) is 0 Å². The number of hydrogen-bond donors (Lipinski definition) is 1. The molecular formula is C15H21NO2. The number of aliphatic hydroxyl groups excluding tert-OH is 1. The number of nitrogens with zero attached hydrogens (tertiary/aromatic N) is 1. The van der Waals surface area contributed by atoms with Crippen LogP contribution in [0.25, 0.3) is 0 Å². The van der Waals surface area contributed by atoms with Crippen molar-refractivity contribution in [3.05, 3.63) is 29.8 Å². The second-order valence-corrected chi connectivity index (χ2v) is 5.28. The van der Waals surface area contributed by atoms with Crippen molar-refractivity contribution >= 4 is 5.69 Å². The molecule has 1 saturated heterocycles. The molecule has 98 valence electrons. The van der Waals surface area contributed by atoms with Crippen LogP contribution >= 0.6 is 0 Å². The highest BCUT2D eigenvalue weighted by molar-refractivity contribution is 5.49. The molecule has 1 heterocycles. The molecule has 3 heteroatoms. The van der Waals surface area contributed by atoms with Crippen LogP contribution in [0, 0.1) is 0 Å². The zero-order valence-corrected chi connectivity index (χ0v) is 10.7. The zero-order valence-electron chi connectivity index (χ0n) is 10.7. The van der Waals surface area contributed by atoms with Crippen LogP contribution in [0.4, 0.5) is 5.69 Å². The van der Waals surface area contributed by atoms with Gasteiger partial charge in [0.15, 0.2) is 0 Å². The fourth-order valence-electron chi connectivity index (χ4n) is 3.21. The summed E-state index contributed by atoms with van der Waals surface area (Å²) in [5.41, 5.74) is 2.25. The van der Waals surface area contributed by atoms with Crippen LogP contribution in [0.15, 0.2) is 24.3 Å². The summed E-state index contributed by atoms with van der Waals surface area (Å²) in [6.45, 7) is 1.94. The number of rotatable bonds is 2. The molecule has 1 aromatic carbocycles. The van der Waals surface area contributed by atoms with E-state index in [1.165, 1.54) is 31.4 Å². The van der Waals surface area contributed by atoms with Crippen molar-refractivity contribution in [3.8, 4) is 0 Å². The molecule has 18 heavy (non-hydrogen) atoms. The molecule has 3 nitrogen and oxygen atoms in total. The summed E-state index contributed by atoms with van der Waals surface area (Å²) >= 11 is 0. The molecule has 0 aromatic heterocycles. The van der Waals surface area contributed by atoms with E-state index in [4.69, 9.17) is 9.84 Å². The highest BCUT2D eigenvalue weighted by Gasteiger charge is 2.34. The lowest BCUT2D eigenvalue weighted by molar-refractivity contribution is -0.00867. The van der Waals surface area contributed by atoms with E-state index in [1.54, 1.807) is 0 Å². The predicted molar refractivity (Wildman–Crippen MR) is 71.7 cm³/mol. The van der Waals surface area contributed by atoms with Gasteiger partial charge in [0.05, 0.1) is 25.4 Å². The van der Waals surface area contributed by atoms with E-state index in [0.717, 1.165) is 18.7 Å². The Labute approximate surface area is 108 Å². The van der Waals surface area contributed by atoms with E-state index in [0.29, 0.717) is 12.1 Å². The average Bonchev–Trinajstić information content (AvgIpc) is 2.47. The number of hydrogen-bond acceptors (Lipinski definition) is 3. The second kappa shape index (κ2) is 5.29. The van der Waals surface area contributed by atoms with Gasteiger partial charge in [-0.2, -0.15) is 0 Å². The van der Waals surface area contributed by atoms with Crippen molar-refractivity contribution in [3.63, 3.8) is 0 Å². The summed E-state index contributed by atoms with van der Waals surface area (Å²) < 4.78 is 5.90. The smallest absolute Gasteiger partial charge is 0.0779 e. The molecule has 2 fully saturated rings. The molecule has 2 atom stereocenters. The third kappa shape index (κ3) is 2.25. The quantitative estimate of drug-likeness (QED) is 0.870. The minimum absolute atomic E-state index is 0.120. The largest absolute Gasteiger partial charge is 0.392 e. The Hall–Kier alpha value is -1.06. The zero-order chi connectivity index (χ0) is 12.4. The van der Waals surface area contributed by atoms with Crippen molar-refractivity contribution in [2.24, 2.45) is 0 Å². The van der Waals surface area contributed by atoms with Crippen LogP contribution < -0.4 is 4.90 Å². The number of fused-ring (bicyclic) bond motifs is 1. The predicted octanol–water partition coefficient (Wildman–Crippen LogP) is 2.33. The van der Waals surface area contributed by atoms with Crippen LogP contribution in [-0.2, 0) is 11.3 Å². The first kappa shape index (κ1) is 12.0. The molecule has 2 unspecified atom stereocenters. The monoisotopic (exact) mass is 247 g/mol. The normalized spacial score (nSPS) is 27.9. The lowest BCUT2D eigenvalue weighted by Gasteiger charge is -2.45. The van der Waals surface area contributed by atoms with Gasteiger partial charge in [0.25, 0.3) is 0 Å². The van der Waals surface area contributed by atoms with Crippen molar-refractivity contribution in [1.82, 2.24) is 0 Å². The Bertz CT molecular complexity index is 388. The van der Waals surface area contributed by atoms with Gasteiger partial charge in [0, 0.05) is 12.2 Å². The second-order valence-electron chi connectivity index (χ2n) is 5.28. The molecule has 0 spiro atoms. The third-order valence-corrected chi connectivity index (χ3v) is 4.18. The highest BCUT2D eigenvalue weighted by Crippen LogP contribution is 2.31. The molecular weight excluding hydrogens is 226 g/mol. The Kier molecular flexibility index (Phi) is 3.52. The number of anilines is 1. The van der Waals surface area contributed by atoms with Gasteiger partial charge >= 0.3 is 0 Å². The Morgan fingerprint density at radius 1 is 1.17 bits per heavy atom. The Morgan fingerprint density at radius 2 is 1.94 bits per heavy atom. The summed E-state index contributed by atoms with van der Waals surface area (Å²) in [6.07, 6.45) is 5.49. The summed E-state index contributed by atoms with van der Waals surface area (Å²) in [6, 6.07) is 8.84. The molecule has 1 saturated carbocycles. The fraction of sp³-hybridized carbons (Fsp3) is 0.600. The van der Waals surface area contributed by atoms with Crippen molar-refractivity contribution in [1.29, 1.82) is 0 Å². The summed E-state index contributed by atoms with van der Waals surface area (Å²) in [5, 5.41) is 9.09. The van der Waals surface area contributed by atoms with Gasteiger partial charge in [-0.3, -0.25) is 0 Å². The topological polar surface area (TPSA) is 32.7 Å². The fourth-order valence-corrected chi connectivity index (χ4v) is 3.21. The maximum atomic E-state index is 9.09. The lowest BCUT2D eigenvalue weighted by Crippen LogP contribution is -2.52. The number of benzene rings is 1. The summed E-state index contributed by atoms with van der Waals surface area (Å²) in [7, 11) is 0. The first-order valence-corrected chi connectivity index (χ1v) is 6.96. The van der Waals surface area contributed by atoms with E-state index in [1.807, 2.05) is 12.1 Å². The van der Waals surface area contributed by atoms with Gasteiger partial charge in [-0.1, -0.05) is 25.0 Å². The first-order valence-electron chi connectivity index (χ1n) is 6.96. The van der Waals surface area contributed by atoms with Crippen LogP contribution in [0.1, 0.15) is 31.2 Å². The van der Waals surface area contributed by atoms with Crippen molar-refractivity contribution in [2.45, 2.75) is 44.4 Å². The molecule has 0 radical (unpaired) electrons. The van der Waals surface area contributed by atoms with E-state index in [-0.39, 0.29) is 6.61 Å². The molecule has 1 aliphatic carbocycles. The molecule has 1 aromatic rings. The van der Waals surface area contributed by atoms with Crippen molar-refractivity contribution < 1.29 is 9.84 Å². The average molecular weight is 247 g/mol. The van der Waals surface area contributed by atoms with E-state index >= 15 is 0 Å². The number of ether oxygens (including phenoxy) is 1. The molecule has 0 amide bonds. The molecule has 2 aliphatic rings. The van der Waals surface area contributed by atoms with E-state index in [9.17, 15) is 0 Å². The molecule has 0 bridgehead atoms. The minimum atomic E-state index is 0.120. The Morgan fingerprint density at radius 3 is 2.72 bits per heavy atom. The summed E-state index contributed by atoms with van der Waals surface area (Å²) in [4.78, 5) is 2.49. The van der Waals surface area contributed by atoms with Gasteiger partial charge in [-0.05, 0) is 30.5 Å². The summed E-state index contributed by atoms with van der Waals surface area (Å²) in [5.74, 6) is 0. The molecule has 3 rings (SSSR count). The maximum Gasteiger partial charge on any atom is 0.0779 e.